The minimum atomic E-state index is -0.106. The van der Waals surface area contributed by atoms with Crippen LogP contribution in [0.2, 0.25) is 0 Å². The van der Waals surface area contributed by atoms with Crippen LogP contribution in [0.15, 0.2) is 73.2 Å². The third-order valence-electron chi connectivity index (χ3n) is 5.09. The van der Waals surface area contributed by atoms with Gasteiger partial charge in [-0.25, -0.2) is 0 Å². The van der Waals surface area contributed by atoms with Gasteiger partial charge < -0.3 is 14.4 Å². The van der Waals surface area contributed by atoms with Crippen LogP contribution in [-0.2, 0) is 0 Å². The predicted molar refractivity (Wildman–Crippen MR) is 111 cm³/mol. The van der Waals surface area contributed by atoms with Crippen molar-refractivity contribution in [3.05, 3.63) is 78.9 Å². The molecule has 1 fully saturated rings. The molecule has 0 atom stereocenters. The van der Waals surface area contributed by atoms with Gasteiger partial charge in [-0.1, -0.05) is 18.2 Å². The maximum absolute atomic E-state index is 12.8. The summed E-state index contributed by atoms with van der Waals surface area (Å²) in [5.74, 6) is 1.48. The Kier molecular flexibility index (Phi) is 4.68. The summed E-state index contributed by atoms with van der Waals surface area (Å²) in [6.07, 6.45) is 5.39. The molecule has 0 N–H and O–H groups in total. The van der Waals surface area contributed by atoms with Crippen molar-refractivity contribution in [2.75, 3.05) is 31.1 Å². The van der Waals surface area contributed by atoms with Gasteiger partial charge in [0.15, 0.2) is 17.3 Å². The summed E-state index contributed by atoms with van der Waals surface area (Å²) in [6.45, 7) is 2.57. The summed E-state index contributed by atoms with van der Waals surface area (Å²) in [4.78, 5) is 18.2. The molecule has 0 spiro atoms. The molecule has 9 nitrogen and oxygen atoms in total. The van der Waals surface area contributed by atoms with Gasteiger partial charge in [-0.2, -0.15) is 9.90 Å². The van der Waals surface area contributed by atoms with Gasteiger partial charge in [0, 0.05) is 38.6 Å². The molecule has 150 valence electrons. The van der Waals surface area contributed by atoms with E-state index in [0.717, 1.165) is 17.3 Å². The molecule has 0 bridgehead atoms. The zero-order valence-corrected chi connectivity index (χ0v) is 16.2. The standard InChI is InChI=1S/C21H20N8O/c30-21(18-16-22-29(25-18)17-6-2-1-3-7-17)28-14-12-27(13-15-28)20-9-8-19(23-24-20)26-10-4-5-11-26/h1-11,16H,12-15H2. The van der Waals surface area contributed by atoms with Gasteiger partial charge in [-0.15, -0.1) is 15.3 Å². The number of anilines is 1. The third-order valence-corrected chi connectivity index (χ3v) is 5.09. The molecule has 0 unspecified atom stereocenters. The van der Waals surface area contributed by atoms with Crippen LogP contribution in [0.1, 0.15) is 10.5 Å². The highest BCUT2D eigenvalue weighted by atomic mass is 16.2. The van der Waals surface area contributed by atoms with E-state index in [1.165, 1.54) is 11.0 Å². The largest absolute Gasteiger partial charge is 0.352 e. The van der Waals surface area contributed by atoms with Crippen molar-refractivity contribution in [2.24, 2.45) is 0 Å². The van der Waals surface area contributed by atoms with E-state index < -0.39 is 0 Å². The molecule has 1 saturated heterocycles. The molecule has 1 aromatic carbocycles. The summed E-state index contributed by atoms with van der Waals surface area (Å²) in [5.41, 5.74) is 1.17. The van der Waals surface area contributed by atoms with Gasteiger partial charge in [0.1, 0.15) is 0 Å². The lowest BCUT2D eigenvalue weighted by atomic mass is 10.3. The number of rotatable bonds is 4. The second-order valence-corrected chi connectivity index (χ2v) is 6.97. The highest BCUT2D eigenvalue weighted by Gasteiger charge is 2.25. The average Bonchev–Trinajstić information content (AvgIpc) is 3.52. The normalized spacial score (nSPS) is 14.1. The van der Waals surface area contributed by atoms with Gasteiger partial charge in [0.2, 0.25) is 0 Å². The van der Waals surface area contributed by atoms with Gasteiger partial charge in [-0.05, 0) is 36.4 Å². The average molecular weight is 400 g/mol. The lowest BCUT2D eigenvalue weighted by Crippen LogP contribution is -2.49. The number of para-hydroxylation sites is 1. The Bertz CT molecular complexity index is 1110. The van der Waals surface area contributed by atoms with Crippen molar-refractivity contribution < 1.29 is 4.79 Å². The van der Waals surface area contributed by atoms with Gasteiger partial charge in [0.25, 0.3) is 5.91 Å². The van der Waals surface area contributed by atoms with Gasteiger partial charge in [0.05, 0.1) is 11.9 Å². The van der Waals surface area contributed by atoms with Crippen molar-refractivity contribution >= 4 is 11.7 Å². The van der Waals surface area contributed by atoms with Gasteiger partial charge >= 0.3 is 0 Å². The molecule has 0 aliphatic carbocycles. The molecule has 4 aromatic rings. The zero-order chi connectivity index (χ0) is 20.3. The zero-order valence-electron chi connectivity index (χ0n) is 16.2. The fourth-order valence-electron chi connectivity index (χ4n) is 3.46. The lowest BCUT2D eigenvalue weighted by Gasteiger charge is -2.34. The van der Waals surface area contributed by atoms with E-state index in [1.54, 1.807) is 4.90 Å². The SMILES string of the molecule is O=C(c1cnn(-c2ccccc2)n1)N1CCN(c2ccc(-n3cccc3)nn2)CC1. The molecular formula is C21H20N8O. The number of carbonyl (C=O) groups excluding carboxylic acids is 1. The molecule has 0 radical (unpaired) electrons. The van der Waals surface area contributed by atoms with Crippen molar-refractivity contribution in [2.45, 2.75) is 0 Å². The monoisotopic (exact) mass is 400 g/mol. The highest BCUT2D eigenvalue weighted by Crippen LogP contribution is 2.15. The Labute approximate surface area is 173 Å². The van der Waals surface area contributed by atoms with E-state index in [9.17, 15) is 4.79 Å². The van der Waals surface area contributed by atoms with Crippen LogP contribution in [-0.4, -0.2) is 66.7 Å². The summed E-state index contributed by atoms with van der Waals surface area (Å²) in [7, 11) is 0. The molecule has 30 heavy (non-hydrogen) atoms. The number of hydrogen-bond acceptors (Lipinski definition) is 6. The van der Waals surface area contributed by atoms with Crippen molar-refractivity contribution in [1.29, 1.82) is 0 Å². The Morgan fingerprint density at radius 3 is 2.20 bits per heavy atom. The molecule has 0 saturated carbocycles. The van der Waals surface area contributed by atoms with E-state index in [1.807, 2.05) is 71.6 Å². The molecule has 1 amide bonds. The summed E-state index contributed by atoms with van der Waals surface area (Å²) in [6, 6.07) is 17.4. The molecule has 3 aromatic heterocycles. The van der Waals surface area contributed by atoms with Crippen molar-refractivity contribution in [3.63, 3.8) is 0 Å². The Hall–Kier alpha value is -4.01. The van der Waals surface area contributed by atoms with Crippen LogP contribution < -0.4 is 4.90 Å². The van der Waals surface area contributed by atoms with E-state index in [0.29, 0.717) is 31.9 Å². The molecule has 9 heteroatoms. The number of nitrogens with zero attached hydrogens (tertiary/aromatic N) is 8. The molecule has 4 heterocycles. The molecule has 5 rings (SSSR count). The number of benzene rings is 1. The Morgan fingerprint density at radius 2 is 1.50 bits per heavy atom. The predicted octanol–water partition coefficient (Wildman–Crippen LogP) is 1.81. The highest BCUT2D eigenvalue weighted by molar-refractivity contribution is 5.92. The van der Waals surface area contributed by atoms with Crippen LogP contribution >= 0.6 is 0 Å². The smallest absolute Gasteiger partial charge is 0.276 e. The number of carbonyl (C=O) groups is 1. The first-order valence-corrected chi connectivity index (χ1v) is 9.77. The Balaban J connectivity index is 1.22. The summed E-state index contributed by atoms with van der Waals surface area (Å²) >= 11 is 0. The summed E-state index contributed by atoms with van der Waals surface area (Å²) < 4.78 is 1.91. The Morgan fingerprint density at radius 1 is 0.800 bits per heavy atom. The third kappa shape index (κ3) is 3.52. The van der Waals surface area contributed by atoms with E-state index in [2.05, 4.69) is 25.3 Å². The molecular weight excluding hydrogens is 380 g/mol. The van der Waals surface area contributed by atoms with Crippen LogP contribution in [0.4, 0.5) is 5.82 Å². The fourth-order valence-corrected chi connectivity index (χ4v) is 3.46. The fraction of sp³-hybridized carbons (Fsp3) is 0.190. The maximum atomic E-state index is 12.8. The number of piperazine rings is 1. The minimum absolute atomic E-state index is 0.106. The van der Waals surface area contributed by atoms with E-state index in [4.69, 9.17) is 0 Å². The second-order valence-electron chi connectivity index (χ2n) is 6.97. The molecule has 1 aliphatic rings. The van der Waals surface area contributed by atoms with E-state index in [-0.39, 0.29) is 5.91 Å². The first kappa shape index (κ1) is 18.0. The summed E-state index contributed by atoms with van der Waals surface area (Å²) in [5, 5.41) is 17.2. The number of amides is 1. The number of aromatic nitrogens is 6. The van der Waals surface area contributed by atoms with Crippen LogP contribution in [0.25, 0.3) is 11.5 Å². The van der Waals surface area contributed by atoms with Crippen molar-refractivity contribution in [3.8, 4) is 11.5 Å². The second kappa shape index (κ2) is 7.78. The van der Waals surface area contributed by atoms with Crippen LogP contribution in [0, 0.1) is 0 Å². The molecule has 1 aliphatic heterocycles. The van der Waals surface area contributed by atoms with Crippen LogP contribution in [0.5, 0.6) is 0 Å². The first-order chi connectivity index (χ1) is 14.8. The number of hydrogen-bond donors (Lipinski definition) is 0. The minimum Gasteiger partial charge on any atom is -0.352 e. The lowest BCUT2D eigenvalue weighted by molar-refractivity contribution is 0.0740. The maximum Gasteiger partial charge on any atom is 0.276 e. The van der Waals surface area contributed by atoms with Crippen LogP contribution in [0.3, 0.4) is 0 Å². The van der Waals surface area contributed by atoms with Crippen molar-refractivity contribution in [1.82, 2.24) is 34.7 Å². The van der Waals surface area contributed by atoms with E-state index >= 15 is 0 Å². The van der Waals surface area contributed by atoms with Gasteiger partial charge in [-0.3, -0.25) is 4.79 Å². The quantitative estimate of drug-likeness (QED) is 0.519. The first-order valence-electron chi connectivity index (χ1n) is 9.77. The topological polar surface area (TPSA) is 85.0 Å².